The van der Waals surface area contributed by atoms with E-state index in [1.165, 1.54) is 18.2 Å². The van der Waals surface area contributed by atoms with E-state index in [2.05, 4.69) is 20.5 Å². The molecule has 0 radical (unpaired) electrons. The highest BCUT2D eigenvalue weighted by atomic mass is 35.5. The van der Waals surface area contributed by atoms with Gasteiger partial charge in [-0.05, 0) is 78.8 Å². The van der Waals surface area contributed by atoms with E-state index in [4.69, 9.17) is 21.1 Å². The zero-order chi connectivity index (χ0) is 32.8. The molecule has 3 aromatic rings. The van der Waals surface area contributed by atoms with E-state index in [0.717, 1.165) is 17.3 Å². The molecule has 3 heterocycles. The third-order valence-electron chi connectivity index (χ3n) is 7.92. The van der Waals surface area contributed by atoms with Gasteiger partial charge in [-0.1, -0.05) is 16.8 Å². The van der Waals surface area contributed by atoms with Crippen molar-refractivity contribution in [2.24, 2.45) is 0 Å². The largest absolute Gasteiger partial charge is 0.487 e. The minimum absolute atomic E-state index is 0.0349. The first-order valence-electron chi connectivity index (χ1n) is 14.9. The van der Waals surface area contributed by atoms with Crippen LogP contribution in [0.25, 0.3) is 0 Å². The molecule has 2 aromatic carbocycles. The lowest BCUT2D eigenvalue weighted by Gasteiger charge is -2.44. The minimum Gasteiger partial charge on any atom is -0.487 e. The van der Waals surface area contributed by atoms with Crippen LogP contribution in [0.3, 0.4) is 0 Å². The quantitative estimate of drug-likeness (QED) is 0.341. The van der Waals surface area contributed by atoms with E-state index in [1.807, 2.05) is 33.9 Å². The lowest BCUT2D eigenvalue weighted by Crippen LogP contribution is -2.57. The lowest BCUT2D eigenvalue weighted by atomic mass is 9.90. The van der Waals surface area contributed by atoms with Crippen LogP contribution >= 0.6 is 11.6 Å². The summed E-state index contributed by atoms with van der Waals surface area (Å²) < 4.78 is 42.5. The molecule has 0 bridgehead atoms. The molecule has 0 saturated carbocycles. The van der Waals surface area contributed by atoms with Crippen LogP contribution in [0.15, 0.2) is 36.5 Å². The number of halogens is 3. The lowest BCUT2D eigenvalue weighted by molar-refractivity contribution is 0.0261. The summed E-state index contributed by atoms with van der Waals surface area (Å²) in [4.78, 5) is 29.9. The normalized spacial score (nSPS) is 21.6. The fourth-order valence-corrected chi connectivity index (χ4v) is 6.25. The SMILES string of the molecule is C[C@@H]1CN(C(=O)c2c(F)cc(Cl)cc2NC(=O)OC(C)(C)C)C[C@H](C)N1Cc1cn([C@H]2CC(C)(C)Oc3ccc(F)cc32)nn1. The van der Waals surface area contributed by atoms with Gasteiger partial charge in [-0.15, -0.1) is 5.10 Å². The van der Waals surface area contributed by atoms with E-state index in [-0.39, 0.29) is 40.2 Å². The number of hydrogen-bond donors (Lipinski definition) is 1. The maximum Gasteiger partial charge on any atom is 0.412 e. The Kier molecular flexibility index (Phi) is 8.85. The minimum atomic E-state index is -0.837. The van der Waals surface area contributed by atoms with Gasteiger partial charge in [0.25, 0.3) is 5.91 Å². The average Bonchev–Trinajstić information content (AvgIpc) is 3.37. The molecule has 1 aromatic heterocycles. The fourth-order valence-electron chi connectivity index (χ4n) is 6.04. The van der Waals surface area contributed by atoms with Gasteiger partial charge in [0, 0.05) is 48.7 Å². The number of nitrogens with zero attached hydrogens (tertiary/aromatic N) is 5. The molecule has 13 heteroatoms. The predicted octanol–water partition coefficient (Wildman–Crippen LogP) is 6.44. The molecule has 5 rings (SSSR count). The van der Waals surface area contributed by atoms with Crippen molar-refractivity contribution in [3.05, 3.63) is 70.0 Å². The highest BCUT2D eigenvalue weighted by molar-refractivity contribution is 6.31. The summed E-state index contributed by atoms with van der Waals surface area (Å²) in [5, 5.41) is 11.4. The Labute approximate surface area is 266 Å². The van der Waals surface area contributed by atoms with Gasteiger partial charge >= 0.3 is 6.09 Å². The van der Waals surface area contributed by atoms with E-state index in [0.29, 0.717) is 31.8 Å². The summed E-state index contributed by atoms with van der Waals surface area (Å²) in [6, 6.07) is 6.42. The van der Waals surface area contributed by atoms with Crippen LogP contribution in [0.4, 0.5) is 19.3 Å². The van der Waals surface area contributed by atoms with Crippen molar-refractivity contribution in [2.45, 2.75) is 90.8 Å². The number of rotatable bonds is 5. The van der Waals surface area contributed by atoms with Crippen molar-refractivity contribution in [2.75, 3.05) is 18.4 Å². The number of amides is 2. The summed E-state index contributed by atoms with van der Waals surface area (Å²) in [6.07, 6.45) is 1.64. The molecule has 242 valence electrons. The zero-order valence-electron chi connectivity index (χ0n) is 26.5. The topological polar surface area (TPSA) is 102 Å². The monoisotopic (exact) mass is 644 g/mol. The van der Waals surface area contributed by atoms with Gasteiger partial charge in [0.05, 0.1) is 29.2 Å². The molecule has 2 aliphatic heterocycles. The fraction of sp³-hybridized carbons (Fsp3) is 0.500. The molecule has 0 aliphatic carbocycles. The van der Waals surface area contributed by atoms with Crippen LogP contribution in [0, 0.1) is 11.6 Å². The van der Waals surface area contributed by atoms with Gasteiger partial charge in [-0.3, -0.25) is 15.0 Å². The Morgan fingerprint density at radius 1 is 1.13 bits per heavy atom. The van der Waals surface area contributed by atoms with Crippen LogP contribution in [0.5, 0.6) is 5.75 Å². The van der Waals surface area contributed by atoms with Gasteiger partial charge in [0.2, 0.25) is 0 Å². The van der Waals surface area contributed by atoms with Crippen LogP contribution in [0.2, 0.25) is 5.02 Å². The molecule has 2 aliphatic rings. The maximum absolute atomic E-state index is 15.2. The van der Waals surface area contributed by atoms with E-state index < -0.39 is 29.0 Å². The van der Waals surface area contributed by atoms with E-state index in [1.54, 1.807) is 36.4 Å². The van der Waals surface area contributed by atoms with Gasteiger partial charge in [0.1, 0.15) is 28.6 Å². The van der Waals surface area contributed by atoms with Crippen molar-refractivity contribution < 1.29 is 27.8 Å². The number of ether oxygens (including phenoxy) is 2. The van der Waals surface area contributed by atoms with Crippen molar-refractivity contribution in [3.63, 3.8) is 0 Å². The van der Waals surface area contributed by atoms with Gasteiger partial charge in [-0.2, -0.15) is 0 Å². The van der Waals surface area contributed by atoms with Crippen molar-refractivity contribution in [1.82, 2.24) is 24.8 Å². The van der Waals surface area contributed by atoms with Crippen LogP contribution in [0.1, 0.15) is 82.5 Å². The molecule has 10 nitrogen and oxygen atoms in total. The Balaban J connectivity index is 1.30. The van der Waals surface area contributed by atoms with Crippen molar-refractivity contribution >= 4 is 29.3 Å². The second kappa shape index (κ2) is 12.2. The first-order chi connectivity index (χ1) is 21.0. The number of hydrogen-bond acceptors (Lipinski definition) is 7. The van der Waals surface area contributed by atoms with Crippen LogP contribution in [-0.2, 0) is 11.3 Å². The molecule has 1 N–H and O–H groups in total. The number of aromatic nitrogens is 3. The first kappa shape index (κ1) is 32.6. The third kappa shape index (κ3) is 7.38. The van der Waals surface area contributed by atoms with Gasteiger partial charge in [0.15, 0.2) is 0 Å². The summed E-state index contributed by atoms with van der Waals surface area (Å²) >= 11 is 6.07. The Morgan fingerprint density at radius 3 is 2.49 bits per heavy atom. The molecule has 1 saturated heterocycles. The molecule has 1 fully saturated rings. The highest BCUT2D eigenvalue weighted by Crippen LogP contribution is 2.41. The van der Waals surface area contributed by atoms with Crippen LogP contribution < -0.4 is 10.1 Å². The molecular formula is C32H39ClF2N6O4. The molecule has 0 spiro atoms. The second-order valence-corrected chi connectivity index (χ2v) is 13.9. The zero-order valence-corrected chi connectivity index (χ0v) is 27.3. The van der Waals surface area contributed by atoms with Crippen molar-refractivity contribution in [1.29, 1.82) is 0 Å². The summed E-state index contributed by atoms with van der Waals surface area (Å²) in [5.74, 6) is -1.12. The molecule has 0 unspecified atom stereocenters. The molecule has 3 atom stereocenters. The first-order valence-corrected chi connectivity index (χ1v) is 15.3. The standard InChI is InChI=1S/C32H39ClF2N6O4/c1-18-14-39(29(42)28-24(35)10-20(33)11-25(28)36-30(43)45-31(3,4)5)15-19(2)40(18)16-22-17-41(38-37-22)26-13-32(6,7)44-27-9-8-21(34)12-23(26)27/h8-12,17-19,26H,13-16H2,1-7H3,(H,36,43)/t18-,19+,26-/m0/s1. The number of anilines is 1. The molecule has 45 heavy (non-hydrogen) atoms. The number of carbonyl (C=O) groups is 2. The predicted molar refractivity (Wildman–Crippen MR) is 166 cm³/mol. The van der Waals surface area contributed by atoms with E-state index in [9.17, 15) is 14.0 Å². The Hall–Kier alpha value is -3.77. The highest BCUT2D eigenvalue weighted by Gasteiger charge is 2.37. The average molecular weight is 645 g/mol. The van der Waals surface area contributed by atoms with Crippen molar-refractivity contribution in [3.8, 4) is 5.75 Å². The number of nitrogens with one attached hydrogen (secondary N) is 1. The number of carbonyl (C=O) groups excluding carboxylic acids is 2. The summed E-state index contributed by atoms with van der Waals surface area (Å²) in [7, 11) is 0. The maximum atomic E-state index is 15.2. The van der Waals surface area contributed by atoms with E-state index >= 15 is 4.39 Å². The summed E-state index contributed by atoms with van der Waals surface area (Å²) in [6.45, 7) is 14.1. The van der Waals surface area contributed by atoms with Crippen LogP contribution in [-0.4, -0.2) is 73.2 Å². The smallest absolute Gasteiger partial charge is 0.412 e. The third-order valence-corrected chi connectivity index (χ3v) is 8.14. The summed E-state index contributed by atoms with van der Waals surface area (Å²) in [5.41, 5.74) is -0.160. The number of benzene rings is 2. The second-order valence-electron chi connectivity index (χ2n) is 13.5. The molecular weight excluding hydrogens is 606 g/mol. The molecule has 2 amide bonds. The Bertz CT molecular complexity index is 1590. The Morgan fingerprint density at radius 2 is 1.82 bits per heavy atom. The van der Waals surface area contributed by atoms with Gasteiger partial charge < -0.3 is 14.4 Å². The number of piperazine rings is 1. The van der Waals surface area contributed by atoms with Gasteiger partial charge in [-0.25, -0.2) is 18.3 Å². The number of fused-ring (bicyclic) bond motifs is 1.